The van der Waals surface area contributed by atoms with E-state index in [1.54, 1.807) is 36.4 Å². The van der Waals surface area contributed by atoms with Crippen LogP contribution in [0.15, 0.2) is 77.2 Å². The van der Waals surface area contributed by atoms with Gasteiger partial charge in [-0.3, -0.25) is 4.79 Å². The van der Waals surface area contributed by atoms with Crippen LogP contribution < -0.4 is 10.2 Å². The molecule has 0 atom stereocenters. The highest BCUT2D eigenvalue weighted by Gasteiger charge is 2.26. The molecule has 0 aliphatic heterocycles. The van der Waals surface area contributed by atoms with Crippen LogP contribution in [0, 0.1) is 0 Å². The van der Waals surface area contributed by atoms with Gasteiger partial charge in [0.05, 0.1) is 11.9 Å². The summed E-state index contributed by atoms with van der Waals surface area (Å²) in [5, 5.41) is 10.5. The molecule has 1 aliphatic rings. The van der Waals surface area contributed by atoms with Gasteiger partial charge in [0, 0.05) is 11.3 Å². The summed E-state index contributed by atoms with van der Waals surface area (Å²) in [5.74, 6) is -0.279. The van der Waals surface area contributed by atoms with E-state index in [2.05, 4.69) is 15.6 Å². The van der Waals surface area contributed by atoms with E-state index < -0.39 is 0 Å². The summed E-state index contributed by atoms with van der Waals surface area (Å²) in [6.07, 6.45) is 4.28. The Bertz CT molecular complexity index is 1310. The maximum atomic E-state index is 12.8. The normalized spacial score (nSPS) is 12.6. The highest BCUT2D eigenvalue weighted by atomic mass is 32.1. The van der Waals surface area contributed by atoms with Crippen molar-refractivity contribution in [2.75, 3.05) is 0 Å². The number of benzene rings is 2. The Balaban J connectivity index is 1.24. The van der Waals surface area contributed by atoms with Crippen molar-refractivity contribution >= 4 is 29.4 Å². The predicted molar refractivity (Wildman–Crippen MR) is 126 cm³/mol. The number of nitrogens with zero attached hydrogens (tertiary/aromatic N) is 3. The smallest absolute Gasteiger partial charge is 0.353 e. The third-order valence-electron chi connectivity index (χ3n) is 5.34. The molecular formula is C25H20N4O3S. The summed E-state index contributed by atoms with van der Waals surface area (Å²) in [5.41, 5.74) is 6.77. The van der Waals surface area contributed by atoms with Gasteiger partial charge in [-0.05, 0) is 72.7 Å². The number of rotatable bonds is 6. The van der Waals surface area contributed by atoms with E-state index in [0.717, 1.165) is 41.8 Å². The third kappa shape index (κ3) is 4.47. The molecule has 164 valence electrons. The first-order chi connectivity index (χ1) is 16.2. The molecule has 8 heteroatoms. The van der Waals surface area contributed by atoms with Gasteiger partial charge in [-0.15, -0.1) is 11.3 Å². The summed E-state index contributed by atoms with van der Waals surface area (Å²) in [6.45, 7) is 0. The molecule has 0 saturated carbocycles. The molecule has 0 fully saturated rings. The molecular weight excluding hydrogens is 436 g/mol. The van der Waals surface area contributed by atoms with Gasteiger partial charge in [0.2, 0.25) is 0 Å². The van der Waals surface area contributed by atoms with E-state index in [1.165, 1.54) is 17.6 Å². The highest BCUT2D eigenvalue weighted by molar-refractivity contribution is 7.12. The van der Waals surface area contributed by atoms with Gasteiger partial charge in [0.25, 0.3) is 5.91 Å². The minimum atomic E-state index is -0.388. The van der Waals surface area contributed by atoms with E-state index in [0.29, 0.717) is 16.3 Å². The summed E-state index contributed by atoms with van der Waals surface area (Å²) < 4.78 is 7.20. The molecule has 1 N–H and O–H groups in total. The number of hydrogen-bond donors (Lipinski definition) is 1. The van der Waals surface area contributed by atoms with Gasteiger partial charge in [-0.25, -0.2) is 14.9 Å². The van der Waals surface area contributed by atoms with Crippen LogP contribution >= 0.6 is 11.3 Å². The average Bonchev–Trinajstić information content (AvgIpc) is 3.59. The lowest BCUT2D eigenvalue weighted by Crippen LogP contribution is -2.20. The monoisotopic (exact) mass is 456 g/mol. The Kier molecular flexibility index (Phi) is 5.82. The number of esters is 1. The van der Waals surface area contributed by atoms with E-state index in [1.807, 2.05) is 40.4 Å². The van der Waals surface area contributed by atoms with Crippen LogP contribution in [0.1, 0.15) is 43.4 Å². The van der Waals surface area contributed by atoms with Crippen LogP contribution in [0.4, 0.5) is 0 Å². The Labute approximate surface area is 194 Å². The minimum absolute atomic E-state index is 0.333. The van der Waals surface area contributed by atoms with Gasteiger partial charge in [0.1, 0.15) is 10.6 Å². The number of carbonyl (C=O) groups excluding carboxylic acids is 2. The van der Waals surface area contributed by atoms with Crippen LogP contribution in [0.25, 0.3) is 5.69 Å². The molecule has 5 rings (SSSR count). The molecule has 4 aromatic rings. The molecule has 0 spiro atoms. The molecule has 7 nitrogen and oxygen atoms in total. The van der Waals surface area contributed by atoms with Gasteiger partial charge in [0.15, 0.2) is 5.69 Å². The quantitative estimate of drug-likeness (QED) is 0.202. The SMILES string of the molecule is O=C(Oc1ccc(/C=N/NC(=O)c2nn(-c3ccccc3)c3c2CCC3)cc1)c1cccs1. The fourth-order valence-electron chi connectivity index (χ4n) is 3.79. The van der Waals surface area contributed by atoms with Crippen molar-refractivity contribution in [1.29, 1.82) is 0 Å². The van der Waals surface area contributed by atoms with Crippen LogP contribution in [0.3, 0.4) is 0 Å². The van der Waals surface area contributed by atoms with E-state index in [4.69, 9.17) is 4.74 Å². The highest BCUT2D eigenvalue weighted by Crippen LogP contribution is 2.27. The van der Waals surface area contributed by atoms with Crippen LogP contribution in [0.5, 0.6) is 5.75 Å². The first-order valence-corrected chi connectivity index (χ1v) is 11.4. The molecule has 33 heavy (non-hydrogen) atoms. The maximum absolute atomic E-state index is 12.8. The predicted octanol–water partition coefficient (Wildman–Crippen LogP) is 4.41. The molecule has 1 amide bonds. The fraction of sp³-hybridized carbons (Fsp3) is 0.120. The summed E-state index contributed by atoms with van der Waals surface area (Å²) in [7, 11) is 0. The van der Waals surface area contributed by atoms with Crippen molar-refractivity contribution in [3.8, 4) is 11.4 Å². The second-order valence-corrected chi connectivity index (χ2v) is 8.46. The van der Waals surface area contributed by atoms with Crippen LogP contribution in [-0.2, 0) is 12.8 Å². The number of aromatic nitrogens is 2. The second kappa shape index (κ2) is 9.22. The Morgan fingerprint density at radius 2 is 1.85 bits per heavy atom. The maximum Gasteiger partial charge on any atom is 0.353 e. The number of para-hydroxylation sites is 1. The van der Waals surface area contributed by atoms with Gasteiger partial charge in [-0.2, -0.15) is 10.2 Å². The van der Waals surface area contributed by atoms with Crippen molar-refractivity contribution in [3.05, 3.63) is 99.5 Å². The lowest BCUT2D eigenvalue weighted by Gasteiger charge is -2.04. The van der Waals surface area contributed by atoms with E-state index >= 15 is 0 Å². The van der Waals surface area contributed by atoms with Crippen molar-refractivity contribution < 1.29 is 14.3 Å². The van der Waals surface area contributed by atoms with E-state index in [9.17, 15) is 9.59 Å². The number of ether oxygens (including phenoxy) is 1. The first-order valence-electron chi connectivity index (χ1n) is 10.5. The zero-order chi connectivity index (χ0) is 22.6. The Morgan fingerprint density at radius 3 is 2.61 bits per heavy atom. The lowest BCUT2D eigenvalue weighted by molar-refractivity contribution is 0.0739. The molecule has 0 radical (unpaired) electrons. The topological polar surface area (TPSA) is 85.6 Å². The number of hydrazone groups is 1. The summed E-state index contributed by atoms with van der Waals surface area (Å²) in [4.78, 5) is 25.3. The summed E-state index contributed by atoms with van der Waals surface area (Å²) >= 11 is 1.33. The fourth-order valence-corrected chi connectivity index (χ4v) is 4.39. The number of carbonyl (C=O) groups is 2. The van der Waals surface area contributed by atoms with Crippen LogP contribution in [-0.4, -0.2) is 27.9 Å². The molecule has 0 saturated heterocycles. The van der Waals surface area contributed by atoms with E-state index in [-0.39, 0.29) is 11.9 Å². The average molecular weight is 457 g/mol. The number of nitrogens with one attached hydrogen (secondary N) is 1. The first kappa shape index (κ1) is 20.8. The number of hydrogen-bond acceptors (Lipinski definition) is 6. The van der Waals surface area contributed by atoms with Gasteiger partial charge in [-0.1, -0.05) is 24.3 Å². The molecule has 2 aromatic heterocycles. The van der Waals surface area contributed by atoms with Crippen molar-refractivity contribution in [3.63, 3.8) is 0 Å². The second-order valence-electron chi connectivity index (χ2n) is 7.51. The molecule has 2 aromatic carbocycles. The number of thiophene rings is 1. The van der Waals surface area contributed by atoms with Crippen LogP contribution in [0.2, 0.25) is 0 Å². The molecule has 2 heterocycles. The zero-order valence-electron chi connectivity index (χ0n) is 17.6. The molecule has 1 aliphatic carbocycles. The minimum Gasteiger partial charge on any atom is -0.422 e. The largest absolute Gasteiger partial charge is 0.422 e. The van der Waals surface area contributed by atoms with Crippen molar-refractivity contribution in [1.82, 2.24) is 15.2 Å². The van der Waals surface area contributed by atoms with Crippen molar-refractivity contribution in [2.24, 2.45) is 5.10 Å². The zero-order valence-corrected chi connectivity index (χ0v) is 18.4. The van der Waals surface area contributed by atoms with Gasteiger partial charge >= 0.3 is 5.97 Å². The Hall–Kier alpha value is -4.04. The number of amides is 1. The van der Waals surface area contributed by atoms with Gasteiger partial charge < -0.3 is 4.74 Å². The number of fused-ring (bicyclic) bond motifs is 1. The summed E-state index contributed by atoms with van der Waals surface area (Å²) in [6, 6.07) is 20.2. The Morgan fingerprint density at radius 1 is 1.03 bits per heavy atom. The molecule has 0 unspecified atom stereocenters. The van der Waals surface area contributed by atoms with Crippen molar-refractivity contribution in [2.45, 2.75) is 19.3 Å². The lowest BCUT2D eigenvalue weighted by atomic mass is 10.2. The molecule has 0 bridgehead atoms. The third-order valence-corrected chi connectivity index (χ3v) is 6.19. The standard InChI is InChI=1S/C25H20N4O3S/c30-24(23-20-8-4-9-21(20)29(28-23)18-6-2-1-3-7-18)27-26-16-17-11-13-19(14-12-17)32-25(31)22-10-5-15-33-22/h1-3,5-7,10-16H,4,8-9H2,(H,27,30)/b26-16+.